The second-order valence-corrected chi connectivity index (χ2v) is 11.8. The van der Waals surface area contributed by atoms with Gasteiger partial charge in [-0.25, -0.2) is 9.97 Å². The SMILES string of the molecule is CCCn1c(-c2cc3ccc(C)nc3n2CC2CC2)nc2cc(C(=O)N3CC(CC)C(N)C3C)cc(CC)c21. The second kappa shape index (κ2) is 10.1. The first-order chi connectivity index (χ1) is 18.8. The van der Waals surface area contributed by atoms with Crippen molar-refractivity contribution >= 4 is 28.0 Å². The zero-order valence-corrected chi connectivity index (χ0v) is 24.1. The summed E-state index contributed by atoms with van der Waals surface area (Å²) >= 11 is 0. The molecule has 1 amide bonds. The number of pyridine rings is 1. The molecule has 4 aromatic rings. The predicted molar refractivity (Wildman–Crippen MR) is 158 cm³/mol. The monoisotopic (exact) mass is 526 g/mol. The Balaban J connectivity index is 1.50. The maximum Gasteiger partial charge on any atom is 0.254 e. The van der Waals surface area contributed by atoms with Crippen molar-refractivity contribution in [3.05, 3.63) is 47.2 Å². The molecular weight excluding hydrogens is 484 g/mol. The van der Waals surface area contributed by atoms with E-state index in [9.17, 15) is 4.79 Å². The van der Waals surface area contributed by atoms with Crippen LogP contribution in [0.4, 0.5) is 0 Å². The van der Waals surface area contributed by atoms with Gasteiger partial charge >= 0.3 is 0 Å². The number of carbonyl (C=O) groups excluding carboxylic acids is 1. The molecule has 2 aliphatic rings. The van der Waals surface area contributed by atoms with Crippen LogP contribution in [0.2, 0.25) is 0 Å². The van der Waals surface area contributed by atoms with Gasteiger partial charge in [0, 0.05) is 48.4 Å². The Bertz CT molecular complexity index is 1540. The molecule has 2 fully saturated rings. The summed E-state index contributed by atoms with van der Waals surface area (Å²) in [5.74, 6) is 2.10. The number of nitrogens with two attached hydrogens (primary N) is 1. The van der Waals surface area contributed by atoms with E-state index in [4.69, 9.17) is 15.7 Å². The smallest absolute Gasteiger partial charge is 0.254 e. The molecule has 4 heterocycles. The fourth-order valence-corrected chi connectivity index (χ4v) is 6.51. The number of rotatable bonds is 8. The van der Waals surface area contributed by atoms with Gasteiger partial charge in [-0.15, -0.1) is 0 Å². The first-order valence-electron chi connectivity index (χ1n) is 14.9. The fourth-order valence-electron chi connectivity index (χ4n) is 6.51. The Morgan fingerprint density at radius 2 is 1.87 bits per heavy atom. The number of likely N-dealkylation sites (tertiary alicyclic amines) is 1. The molecule has 1 saturated carbocycles. The highest BCUT2D eigenvalue weighted by Crippen LogP contribution is 2.37. The van der Waals surface area contributed by atoms with Crippen LogP contribution in [-0.4, -0.2) is 48.5 Å². The summed E-state index contributed by atoms with van der Waals surface area (Å²) in [7, 11) is 0. The Kier molecular flexibility index (Phi) is 6.74. The molecule has 3 atom stereocenters. The van der Waals surface area contributed by atoms with E-state index in [2.05, 4.69) is 68.0 Å². The minimum Gasteiger partial charge on any atom is -0.334 e. The fraction of sp³-hybridized carbons (Fsp3) is 0.531. The number of aromatic nitrogens is 4. The number of hydrogen-bond donors (Lipinski definition) is 1. The summed E-state index contributed by atoms with van der Waals surface area (Å²) < 4.78 is 4.78. The van der Waals surface area contributed by atoms with E-state index in [0.29, 0.717) is 11.8 Å². The topological polar surface area (TPSA) is 82.0 Å². The van der Waals surface area contributed by atoms with Crippen LogP contribution < -0.4 is 5.73 Å². The van der Waals surface area contributed by atoms with Crippen molar-refractivity contribution in [1.82, 2.24) is 24.0 Å². The van der Waals surface area contributed by atoms with Gasteiger partial charge in [0.2, 0.25) is 0 Å². The maximum atomic E-state index is 13.8. The van der Waals surface area contributed by atoms with E-state index in [1.165, 1.54) is 18.4 Å². The summed E-state index contributed by atoms with van der Waals surface area (Å²) in [5.41, 5.74) is 13.6. The van der Waals surface area contributed by atoms with Gasteiger partial charge < -0.3 is 19.8 Å². The average molecular weight is 527 g/mol. The van der Waals surface area contributed by atoms with E-state index in [-0.39, 0.29) is 18.0 Å². The van der Waals surface area contributed by atoms with Gasteiger partial charge in [-0.05, 0) is 87.3 Å². The lowest BCUT2D eigenvalue weighted by Gasteiger charge is -2.23. The molecule has 7 nitrogen and oxygen atoms in total. The largest absolute Gasteiger partial charge is 0.334 e. The number of benzene rings is 1. The summed E-state index contributed by atoms with van der Waals surface area (Å²) in [5, 5.41) is 1.16. The van der Waals surface area contributed by atoms with Crippen LogP contribution in [0.1, 0.15) is 75.0 Å². The van der Waals surface area contributed by atoms with Crippen LogP contribution in [0.15, 0.2) is 30.3 Å². The van der Waals surface area contributed by atoms with Crippen molar-refractivity contribution in [2.75, 3.05) is 6.54 Å². The van der Waals surface area contributed by atoms with Crippen LogP contribution in [0, 0.1) is 18.8 Å². The van der Waals surface area contributed by atoms with Gasteiger partial charge in [-0.3, -0.25) is 4.79 Å². The van der Waals surface area contributed by atoms with Gasteiger partial charge in [-0.2, -0.15) is 0 Å². The van der Waals surface area contributed by atoms with Gasteiger partial charge in [0.1, 0.15) is 5.65 Å². The molecule has 206 valence electrons. The van der Waals surface area contributed by atoms with Crippen molar-refractivity contribution in [3.8, 4) is 11.5 Å². The van der Waals surface area contributed by atoms with Gasteiger partial charge in [0.25, 0.3) is 5.91 Å². The minimum absolute atomic E-state index is 0.0225. The third-order valence-corrected chi connectivity index (χ3v) is 9.06. The first kappa shape index (κ1) is 26.1. The molecule has 3 unspecified atom stereocenters. The van der Waals surface area contributed by atoms with Gasteiger partial charge in [-0.1, -0.05) is 27.2 Å². The molecule has 1 aromatic carbocycles. The number of aryl methyl sites for hydroxylation is 3. The predicted octanol–water partition coefficient (Wildman–Crippen LogP) is 5.94. The number of hydrogen-bond acceptors (Lipinski definition) is 4. The molecule has 0 radical (unpaired) electrons. The summed E-state index contributed by atoms with van der Waals surface area (Å²) in [4.78, 5) is 26.0. The van der Waals surface area contributed by atoms with Crippen molar-refractivity contribution < 1.29 is 4.79 Å². The lowest BCUT2D eigenvalue weighted by atomic mass is 9.98. The van der Waals surface area contributed by atoms with Crippen LogP contribution in [0.5, 0.6) is 0 Å². The van der Waals surface area contributed by atoms with E-state index in [0.717, 1.165) is 83.7 Å². The summed E-state index contributed by atoms with van der Waals surface area (Å²) in [6.07, 6.45) is 5.38. The van der Waals surface area contributed by atoms with E-state index in [1.807, 2.05) is 11.0 Å². The van der Waals surface area contributed by atoms with Crippen molar-refractivity contribution in [2.24, 2.45) is 17.6 Å². The highest BCUT2D eigenvalue weighted by atomic mass is 16.2. The molecule has 1 saturated heterocycles. The standard InChI is InChI=1S/C32H42N6O/c1-6-13-36-29-22(7-2)14-25(32(39)37-18-23(8-3)28(33)20(37)5)15-26(29)35-31(36)27-16-24-12-9-19(4)34-30(24)38(27)17-21-10-11-21/h9,12,14-16,20-21,23,28H,6-8,10-11,13,17-18,33H2,1-5H3. The molecule has 3 aromatic heterocycles. The molecule has 6 rings (SSSR count). The van der Waals surface area contributed by atoms with Gasteiger partial charge in [0.15, 0.2) is 5.82 Å². The third kappa shape index (κ3) is 4.45. The van der Waals surface area contributed by atoms with Crippen molar-refractivity contribution in [1.29, 1.82) is 0 Å². The minimum atomic E-state index is 0.0225. The zero-order valence-electron chi connectivity index (χ0n) is 24.1. The van der Waals surface area contributed by atoms with E-state index >= 15 is 0 Å². The van der Waals surface area contributed by atoms with E-state index < -0.39 is 0 Å². The van der Waals surface area contributed by atoms with Crippen molar-refractivity contribution in [2.45, 2.75) is 91.9 Å². The van der Waals surface area contributed by atoms with Crippen molar-refractivity contribution in [3.63, 3.8) is 0 Å². The Labute approximate surface area is 231 Å². The Morgan fingerprint density at radius 3 is 2.54 bits per heavy atom. The average Bonchev–Trinajstić information content (AvgIpc) is 3.50. The molecular formula is C32H42N6O. The van der Waals surface area contributed by atoms with Crippen LogP contribution in [0.3, 0.4) is 0 Å². The molecule has 0 bridgehead atoms. The van der Waals surface area contributed by atoms with E-state index in [1.54, 1.807) is 0 Å². The molecule has 7 heteroatoms. The zero-order chi connectivity index (χ0) is 27.4. The highest BCUT2D eigenvalue weighted by Gasteiger charge is 2.39. The molecule has 39 heavy (non-hydrogen) atoms. The molecule has 1 aliphatic heterocycles. The lowest BCUT2D eigenvalue weighted by Crippen LogP contribution is -2.41. The lowest BCUT2D eigenvalue weighted by molar-refractivity contribution is 0.0739. The maximum absolute atomic E-state index is 13.8. The molecule has 0 spiro atoms. The van der Waals surface area contributed by atoms with Crippen LogP contribution >= 0.6 is 0 Å². The quantitative estimate of drug-likeness (QED) is 0.308. The number of nitrogens with zero attached hydrogens (tertiary/aromatic N) is 5. The Hall–Kier alpha value is -3.19. The highest BCUT2D eigenvalue weighted by molar-refractivity contribution is 5.99. The molecule has 1 aliphatic carbocycles. The van der Waals surface area contributed by atoms with Gasteiger partial charge in [0.05, 0.1) is 16.7 Å². The number of amides is 1. The second-order valence-electron chi connectivity index (χ2n) is 11.8. The normalized spacial score (nSPS) is 21.5. The number of carbonyl (C=O) groups is 1. The Morgan fingerprint density at radius 1 is 1.08 bits per heavy atom. The van der Waals surface area contributed by atoms with Crippen LogP contribution in [-0.2, 0) is 19.5 Å². The first-order valence-corrected chi connectivity index (χ1v) is 14.9. The number of imidazole rings is 1. The molecule has 2 N–H and O–H groups in total. The third-order valence-electron chi connectivity index (χ3n) is 9.06. The summed E-state index contributed by atoms with van der Waals surface area (Å²) in [6.45, 7) is 13.3. The van der Waals surface area contributed by atoms with Crippen LogP contribution in [0.25, 0.3) is 33.6 Å². The number of fused-ring (bicyclic) bond motifs is 2. The summed E-state index contributed by atoms with van der Waals surface area (Å²) in [6, 6.07) is 10.7.